The van der Waals surface area contributed by atoms with Crippen LogP contribution >= 0.6 is 0 Å². The number of rotatable bonds is 4. The van der Waals surface area contributed by atoms with Gasteiger partial charge in [-0.25, -0.2) is 0 Å². The molecule has 0 spiro atoms. The molecule has 0 aromatic heterocycles. The van der Waals surface area contributed by atoms with Crippen molar-refractivity contribution in [3.63, 3.8) is 0 Å². The SMILES string of the molecule is O=C(Nc1ccc(CO)cc1)c1cccc(OC(F)(F)F)c1. The van der Waals surface area contributed by atoms with Crippen molar-refractivity contribution in [2.45, 2.75) is 13.0 Å². The van der Waals surface area contributed by atoms with Crippen molar-refractivity contribution in [3.8, 4) is 5.75 Å². The molecule has 116 valence electrons. The normalized spacial score (nSPS) is 11.1. The Morgan fingerprint density at radius 1 is 1.14 bits per heavy atom. The van der Waals surface area contributed by atoms with Crippen LogP contribution in [0.3, 0.4) is 0 Å². The molecule has 0 bridgehead atoms. The predicted octanol–water partition coefficient (Wildman–Crippen LogP) is 3.33. The van der Waals surface area contributed by atoms with Gasteiger partial charge in [0.2, 0.25) is 0 Å². The van der Waals surface area contributed by atoms with E-state index in [1.165, 1.54) is 12.1 Å². The van der Waals surface area contributed by atoms with Gasteiger partial charge in [0, 0.05) is 11.3 Å². The molecule has 0 unspecified atom stereocenters. The molecule has 0 saturated carbocycles. The van der Waals surface area contributed by atoms with E-state index in [0.717, 1.165) is 12.1 Å². The highest BCUT2D eigenvalue weighted by Crippen LogP contribution is 2.23. The smallest absolute Gasteiger partial charge is 0.406 e. The molecule has 2 aromatic rings. The van der Waals surface area contributed by atoms with Crippen molar-refractivity contribution in [2.24, 2.45) is 0 Å². The van der Waals surface area contributed by atoms with Gasteiger partial charge >= 0.3 is 6.36 Å². The Morgan fingerprint density at radius 3 is 2.41 bits per heavy atom. The molecule has 2 N–H and O–H groups in total. The summed E-state index contributed by atoms with van der Waals surface area (Å²) in [7, 11) is 0. The highest BCUT2D eigenvalue weighted by molar-refractivity contribution is 6.04. The van der Waals surface area contributed by atoms with Crippen LogP contribution < -0.4 is 10.1 Å². The van der Waals surface area contributed by atoms with Crippen molar-refractivity contribution in [1.29, 1.82) is 0 Å². The van der Waals surface area contributed by atoms with Gasteiger partial charge in [0.1, 0.15) is 5.75 Å². The number of halogens is 3. The third kappa shape index (κ3) is 4.49. The van der Waals surface area contributed by atoms with Crippen LogP contribution in [-0.4, -0.2) is 17.4 Å². The summed E-state index contributed by atoms with van der Waals surface area (Å²) in [5.74, 6) is -1.03. The van der Waals surface area contributed by atoms with Crippen LogP contribution in [0.15, 0.2) is 48.5 Å². The predicted molar refractivity (Wildman–Crippen MR) is 73.4 cm³/mol. The fourth-order valence-corrected chi connectivity index (χ4v) is 1.73. The minimum atomic E-state index is -4.81. The van der Waals surface area contributed by atoms with E-state index >= 15 is 0 Å². The van der Waals surface area contributed by atoms with Gasteiger partial charge in [-0.3, -0.25) is 4.79 Å². The first kappa shape index (κ1) is 15.8. The molecule has 0 saturated heterocycles. The molecular formula is C15H12F3NO3. The number of carbonyl (C=O) groups is 1. The molecule has 4 nitrogen and oxygen atoms in total. The zero-order valence-electron chi connectivity index (χ0n) is 11.2. The molecule has 0 atom stereocenters. The Labute approximate surface area is 124 Å². The molecule has 0 aliphatic carbocycles. The molecule has 2 rings (SSSR count). The highest BCUT2D eigenvalue weighted by atomic mass is 19.4. The van der Waals surface area contributed by atoms with Crippen molar-refractivity contribution in [3.05, 3.63) is 59.7 Å². The molecule has 7 heteroatoms. The largest absolute Gasteiger partial charge is 0.573 e. The molecule has 0 radical (unpaired) electrons. The van der Waals surface area contributed by atoms with E-state index in [4.69, 9.17) is 5.11 Å². The molecule has 22 heavy (non-hydrogen) atoms. The van der Waals surface area contributed by atoms with E-state index in [1.54, 1.807) is 24.3 Å². The number of alkyl halides is 3. The third-order valence-corrected chi connectivity index (χ3v) is 2.72. The Morgan fingerprint density at radius 2 is 1.82 bits per heavy atom. The maximum absolute atomic E-state index is 12.1. The van der Waals surface area contributed by atoms with Crippen molar-refractivity contribution in [2.75, 3.05) is 5.32 Å². The summed E-state index contributed by atoms with van der Waals surface area (Å²) >= 11 is 0. The lowest BCUT2D eigenvalue weighted by molar-refractivity contribution is -0.274. The summed E-state index contributed by atoms with van der Waals surface area (Å²) < 4.78 is 40.2. The first-order valence-corrected chi connectivity index (χ1v) is 6.24. The second-order valence-electron chi connectivity index (χ2n) is 4.38. The van der Waals surface area contributed by atoms with E-state index in [0.29, 0.717) is 11.3 Å². The van der Waals surface area contributed by atoms with Crippen LogP contribution in [0.25, 0.3) is 0 Å². The summed E-state index contributed by atoms with van der Waals surface area (Å²) in [4.78, 5) is 12.0. The molecule has 0 heterocycles. The average Bonchev–Trinajstić information content (AvgIpc) is 2.46. The lowest BCUT2D eigenvalue weighted by atomic mass is 10.2. The van der Waals surface area contributed by atoms with Gasteiger partial charge in [0.05, 0.1) is 6.61 Å². The Kier molecular flexibility index (Phi) is 4.67. The van der Waals surface area contributed by atoms with Crippen LogP contribution in [-0.2, 0) is 6.61 Å². The second kappa shape index (κ2) is 6.48. The first-order valence-electron chi connectivity index (χ1n) is 6.24. The lowest BCUT2D eigenvalue weighted by Gasteiger charge is -2.10. The van der Waals surface area contributed by atoms with Crippen molar-refractivity contribution < 1.29 is 27.8 Å². The third-order valence-electron chi connectivity index (χ3n) is 2.72. The van der Waals surface area contributed by atoms with E-state index in [9.17, 15) is 18.0 Å². The number of amides is 1. The topological polar surface area (TPSA) is 58.6 Å². The number of nitrogens with one attached hydrogen (secondary N) is 1. The first-order chi connectivity index (χ1) is 10.4. The van der Waals surface area contributed by atoms with Gasteiger partial charge in [-0.15, -0.1) is 13.2 Å². The average molecular weight is 311 g/mol. The van der Waals surface area contributed by atoms with Crippen LogP contribution in [0, 0.1) is 0 Å². The van der Waals surface area contributed by atoms with Crippen LogP contribution in [0.4, 0.5) is 18.9 Å². The van der Waals surface area contributed by atoms with Crippen LogP contribution in [0.1, 0.15) is 15.9 Å². The zero-order valence-corrected chi connectivity index (χ0v) is 11.2. The second-order valence-corrected chi connectivity index (χ2v) is 4.38. The van der Waals surface area contributed by atoms with Crippen molar-refractivity contribution in [1.82, 2.24) is 0 Å². The van der Waals surface area contributed by atoms with Gasteiger partial charge in [0.15, 0.2) is 0 Å². The van der Waals surface area contributed by atoms with Gasteiger partial charge in [-0.05, 0) is 35.9 Å². The van der Waals surface area contributed by atoms with E-state index in [-0.39, 0.29) is 12.2 Å². The molecule has 0 aliphatic heterocycles. The maximum atomic E-state index is 12.1. The summed E-state index contributed by atoms with van der Waals surface area (Å²) in [5.41, 5.74) is 1.18. The number of anilines is 1. The van der Waals surface area contributed by atoms with Crippen LogP contribution in [0.2, 0.25) is 0 Å². The maximum Gasteiger partial charge on any atom is 0.573 e. The summed E-state index contributed by atoms with van der Waals surface area (Å²) in [5, 5.41) is 11.5. The van der Waals surface area contributed by atoms with Crippen molar-refractivity contribution >= 4 is 11.6 Å². The number of aliphatic hydroxyl groups is 1. The number of hydrogen-bond acceptors (Lipinski definition) is 3. The fourth-order valence-electron chi connectivity index (χ4n) is 1.73. The summed E-state index contributed by atoms with van der Waals surface area (Å²) in [6.07, 6.45) is -4.81. The van der Waals surface area contributed by atoms with Gasteiger partial charge in [-0.1, -0.05) is 18.2 Å². The standard InChI is InChI=1S/C15H12F3NO3/c16-15(17,18)22-13-3-1-2-11(8-13)14(21)19-12-6-4-10(9-20)5-7-12/h1-8,20H,9H2,(H,19,21). The number of aliphatic hydroxyl groups excluding tert-OH is 1. The quantitative estimate of drug-likeness (QED) is 0.910. The highest BCUT2D eigenvalue weighted by Gasteiger charge is 2.31. The minimum absolute atomic E-state index is 0.0352. The fraction of sp³-hybridized carbons (Fsp3) is 0.133. The summed E-state index contributed by atoms with van der Waals surface area (Å²) in [6, 6.07) is 11.2. The molecule has 0 fully saturated rings. The molecule has 1 amide bonds. The number of benzene rings is 2. The van der Waals surface area contributed by atoms with Crippen LogP contribution in [0.5, 0.6) is 5.75 Å². The van der Waals surface area contributed by atoms with E-state index in [2.05, 4.69) is 10.1 Å². The molecule has 2 aromatic carbocycles. The molecule has 0 aliphatic rings. The van der Waals surface area contributed by atoms with Gasteiger partial charge < -0.3 is 15.2 Å². The number of ether oxygens (including phenoxy) is 1. The Bertz CT molecular complexity index is 654. The van der Waals surface area contributed by atoms with Gasteiger partial charge in [-0.2, -0.15) is 0 Å². The number of hydrogen-bond donors (Lipinski definition) is 2. The molecular weight excluding hydrogens is 299 g/mol. The van der Waals surface area contributed by atoms with Gasteiger partial charge in [0.25, 0.3) is 5.91 Å². The Balaban J connectivity index is 2.10. The van der Waals surface area contributed by atoms with E-state index in [1.807, 2.05) is 0 Å². The summed E-state index contributed by atoms with van der Waals surface area (Å²) in [6.45, 7) is -0.120. The van der Waals surface area contributed by atoms with E-state index < -0.39 is 18.0 Å². The monoisotopic (exact) mass is 311 g/mol. The Hall–Kier alpha value is -2.54. The zero-order chi connectivity index (χ0) is 16.2. The lowest BCUT2D eigenvalue weighted by Crippen LogP contribution is -2.18. The minimum Gasteiger partial charge on any atom is -0.406 e. The number of carbonyl (C=O) groups excluding carboxylic acids is 1.